The maximum absolute atomic E-state index is 11.8. The van der Waals surface area contributed by atoms with Crippen LogP contribution in [0.5, 0.6) is 0 Å². The van der Waals surface area contributed by atoms with Gasteiger partial charge in [-0.2, -0.15) is 11.8 Å². The number of aryl methyl sites for hydroxylation is 1. The van der Waals surface area contributed by atoms with Crippen molar-refractivity contribution in [1.29, 1.82) is 0 Å². The van der Waals surface area contributed by atoms with E-state index in [1.807, 2.05) is 19.1 Å². The van der Waals surface area contributed by atoms with Gasteiger partial charge in [0.15, 0.2) is 5.78 Å². The summed E-state index contributed by atoms with van der Waals surface area (Å²) in [4.78, 5) is 13.9. The molecule has 0 saturated carbocycles. The summed E-state index contributed by atoms with van der Waals surface area (Å²) < 4.78 is 0. The number of carbonyl (C=O) groups is 1. The normalized spacial score (nSPS) is 12.7. The minimum atomic E-state index is 0.195. The first-order valence-corrected chi connectivity index (χ1v) is 7.45. The van der Waals surface area contributed by atoms with Crippen LogP contribution in [-0.4, -0.2) is 29.0 Å². The van der Waals surface area contributed by atoms with Gasteiger partial charge in [-0.15, -0.1) is 11.3 Å². The molecule has 0 aliphatic heterocycles. The molecule has 0 aliphatic rings. The van der Waals surface area contributed by atoms with Crippen molar-refractivity contribution < 1.29 is 9.90 Å². The molecule has 16 heavy (non-hydrogen) atoms. The second-order valence-corrected chi connectivity index (χ2v) is 6.04. The number of hydrogen-bond donors (Lipinski definition) is 1. The third kappa shape index (κ3) is 4.28. The second-order valence-electron chi connectivity index (χ2n) is 3.85. The van der Waals surface area contributed by atoms with Crippen LogP contribution in [0.1, 0.15) is 28.4 Å². The van der Waals surface area contributed by atoms with Crippen LogP contribution in [0.4, 0.5) is 0 Å². The molecule has 0 radical (unpaired) electrons. The smallest absolute Gasteiger partial charge is 0.182 e. The number of thiophene rings is 1. The quantitative estimate of drug-likeness (QED) is 0.764. The van der Waals surface area contributed by atoms with Crippen LogP contribution in [-0.2, 0) is 6.42 Å². The molecule has 0 saturated heterocycles. The van der Waals surface area contributed by atoms with Gasteiger partial charge in [-0.05, 0) is 30.2 Å². The van der Waals surface area contributed by atoms with Gasteiger partial charge in [0.25, 0.3) is 0 Å². The van der Waals surface area contributed by atoms with Crippen LogP contribution in [0.2, 0.25) is 0 Å². The van der Waals surface area contributed by atoms with Crippen LogP contribution in [0.3, 0.4) is 0 Å². The van der Waals surface area contributed by atoms with Gasteiger partial charge in [0.1, 0.15) is 0 Å². The Morgan fingerprint density at radius 2 is 2.31 bits per heavy atom. The molecule has 0 aromatic carbocycles. The first kappa shape index (κ1) is 13.7. The SMILES string of the molecule is CCc1ccc(C(=O)CSCC(C)CO)s1. The molecule has 1 atom stereocenters. The van der Waals surface area contributed by atoms with Crippen LogP contribution in [0.15, 0.2) is 12.1 Å². The minimum absolute atomic E-state index is 0.195. The maximum atomic E-state index is 11.8. The fraction of sp³-hybridized carbons (Fsp3) is 0.583. The third-order valence-electron chi connectivity index (χ3n) is 2.23. The zero-order chi connectivity index (χ0) is 12.0. The Balaban J connectivity index is 2.35. The monoisotopic (exact) mass is 258 g/mol. The highest BCUT2D eigenvalue weighted by atomic mass is 32.2. The lowest BCUT2D eigenvalue weighted by atomic mass is 10.2. The van der Waals surface area contributed by atoms with E-state index in [2.05, 4.69) is 6.92 Å². The van der Waals surface area contributed by atoms with Crippen molar-refractivity contribution in [1.82, 2.24) is 0 Å². The summed E-state index contributed by atoms with van der Waals surface area (Å²) in [6, 6.07) is 3.95. The Labute approximate surface area is 105 Å². The van der Waals surface area contributed by atoms with Crippen LogP contribution >= 0.6 is 23.1 Å². The van der Waals surface area contributed by atoms with Crippen molar-refractivity contribution >= 4 is 28.9 Å². The molecule has 90 valence electrons. The molecule has 1 aromatic heterocycles. The van der Waals surface area contributed by atoms with Crippen molar-refractivity contribution in [2.45, 2.75) is 20.3 Å². The Morgan fingerprint density at radius 1 is 1.56 bits per heavy atom. The van der Waals surface area contributed by atoms with E-state index < -0.39 is 0 Å². The molecule has 1 N–H and O–H groups in total. The lowest BCUT2D eigenvalue weighted by Crippen LogP contribution is -2.07. The van der Waals surface area contributed by atoms with E-state index in [0.29, 0.717) is 5.75 Å². The summed E-state index contributed by atoms with van der Waals surface area (Å²) in [5.41, 5.74) is 0. The van der Waals surface area contributed by atoms with Crippen molar-refractivity contribution in [2.24, 2.45) is 5.92 Å². The molecule has 0 bridgehead atoms. The minimum Gasteiger partial charge on any atom is -0.396 e. The first-order chi connectivity index (χ1) is 7.67. The van der Waals surface area contributed by atoms with E-state index in [1.165, 1.54) is 4.88 Å². The van der Waals surface area contributed by atoms with E-state index in [0.717, 1.165) is 17.1 Å². The standard InChI is InChI=1S/C12H18O2S2/c1-3-10-4-5-12(16-10)11(14)8-15-7-9(2)6-13/h4-5,9,13H,3,6-8H2,1-2H3. The van der Waals surface area contributed by atoms with E-state index in [1.54, 1.807) is 23.1 Å². The summed E-state index contributed by atoms with van der Waals surface area (Å²) in [6.07, 6.45) is 0.993. The fourth-order valence-corrected chi connectivity index (χ4v) is 3.14. The Hall–Kier alpha value is -0.320. The second kappa shape index (κ2) is 7.09. The molecule has 1 aromatic rings. The number of Topliss-reactive ketones (excluding diaryl/α,β-unsaturated/α-hetero) is 1. The summed E-state index contributed by atoms with van der Waals surface area (Å²) in [7, 11) is 0. The highest BCUT2D eigenvalue weighted by Crippen LogP contribution is 2.19. The van der Waals surface area contributed by atoms with E-state index in [9.17, 15) is 4.79 Å². The molecule has 1 rings (SSSR count). The number of aliphatic hydroxyl groups excluding tert-OH is 1. The number of rotatable bonds is 7. The summed E-state index contributed by atoms with van der Waals surface area (Å²) in [6.45, 7) is 4.27. The molecule has 4 heteroatoms. The highest BCUT2D eigenvalue weighted by molar-refractivity contribution is 8.00. The van der Waals surface area contributed by atoms with E-state index >= 15 is 0 Å². The van der Waals surface area contributed by atoms with Gasteiger partial charge < -0.3 is 5.11 Å². The van der Waals surface area contributed by atoms with Gasteiger partial charge in [0, 0.05) is 11.5 Å². The predicted octanol–water partition coefficient (Wildman–Crippen LogP) is 2.85. The molecule has 0 amide bonds. The van der Waals surface area contributed by atoms with Gasteiger partial charge in [0.2, 0.25) is 0 Å². The van der Waals surface area contributed by atoms with Crippen LogP contribution in [0.25, 0.3) is 0 Å². The first-order valence-electron chi connectivity index (χ1n) is 5.47. The predicted molar refractivity (Wildman–Crippen MR) is 71.6 cm³/mol. The molecular weight excluding hydrogens is 240 g/mol. The number of aliphatic hydroxyl groups is 1. The van der Waals surface area contributed by atoms with Crippen molar-refractivity contribution in [2.75, 3.05) is 18.1 Å². The average molecular weight is 258 g/mol. The fourth-order valence-electron chi connectivity index (χ4n) is 1.19. The van der Waals surface area contributed by atoms with Gasteiger partial charge in [-0.3, -0.25) is 4.79 Å². The van der Waals surface area contributed by atoms with Crippen LogP contribution < -0.4 is 0 Å². The molecule has 1 heterocycles. The number of hydrogen-bond acceptors (Lipinski definition) is 4. The summed E-state index contributed by atoms with van der Waals surface area (Å²) in [5, 5.41) is 8.86. The topological polar surface area (TPSA) is 37.3 Å². The van der Waals surface area contributed by atoms with Crippen molar-refractivity contribution in [3.8, 4) is 0 Å². The van der Waals surface area contributed by atoms with E-state index in [4.69, 9.17) is 5.11 Å². The van der Waals surface area contributed by atoms with Gasteiger partial charge >= 0.3 is 0 Å². The van der Waals surface area contributed by atoms with Crippen molar-refractivity contribution in [3.63, 3.8) is 0 Å². The highest BCUT2D eigenvalue weighted by Gasteiger charge is 2.09. The maximum Gasteiger partial charge on any atom is 0.182 e. The van der Waals surface area contributed by atoms with Gasteiger partial charge in [-0.1, -0.05) is 13.8 Å². The molecule has 1 unspecified atom stereocenters. The molecule has 0 spiro atoms. The number of ketones is 1. The number of carbonyl (C=O) groups excluding carboxylic acids is 1. The molecule has 0 fully saturated rings. The lowest BCUT2D eigenvalue weighted by Gasteiger charge is -2.05. The molecule has 2 nitrogen and oxygen atoms in total. The lowest BCUT2D eigenvalue weighted by molar-refractivity contribution is 0.102. The average Bonchev–Trinajstić information content (AvgIpc) is 2.77. The number of thioether (sulfide) groups is 1. The van der Waals surface area contributed by atoms with Crippen LogP contribution in [0, 0.1) is 5.92 Å². The van der Waals surface area contributed by atoms with Crippen molar-refractivity contribution in [3.05, 3.63) is 21.9 Å². The summed E-state index contributed by atoms with van der Waals surface area (Å²) in [5.74, 6) is 1.84. The zero-order valence-electron chi connectivity index (χ0n) is 9.73. The molecular formula is C12H18O2S2. The zero-order valence-corrected chi connectivity index (χ0v) is 11.4. The Morgan fingerprint density at radius 3 is 2.88 bits per heavy atom. The Kier molecular flexibility index (Phi) is 6.09. The molecule has 0 aliphatic carbocycles. The Bertz CT molecular complexity index is 334. The summed E-state index contributed by atoms with van der Waals surface area (Å²) >= 11 is 3.20. The van der Waals surface area contributed by atoms with E-state index in [-0.39, 0.29) is 18.3 Å². The largest absolute Gasteiger partial charge is 0.396 e. The van der Waals surface area contributed by atoms with Gasteiger partial charge in [0.05, 0.1) is 10.6 Å². The van der Waals surface area contributed by atoms with Gasteiger partial charge in [-0.25, -0.2) is 0 Å². The third-order valence-corrected chi connectivity index (χ3v) is 4.77.